The third-order valence-corrected chi connectivity index (χ3v) is 6.11. The molecule has 4 rings (SSSR count). The van der Waals surface area contributed by atoms with Crippen molar-refractivity contribution in [2.24, 2.45) is 5.41 Å². The van der Waals surface area contributed by atoms with Gasteiger partial charge in [-0.1, -0.05) is 56.3 Å². The van der Waals surface area contributed by atoms with E-state index in [9.17, 15) is 9.59 Å². The van der Waals surface area contributed by atoms with Crippen LogP contribution in [0.25, 0.3) is 0 Å². The molecule has 25 heavy (non-hydrogen) atoms. The molecule has 2 aliphatic carbocycles. The van der Waals surface area contributed by atoms with Gasteiger partial charge in [-0.05, 0) is 35.4 Å². The molecule has 0 radical (unpaired) electrons. The predicted molar refractivity (Wildman–Crippen MR) is 97.9 cm³/mol. The zero-order valence-electron chi connectivity index (χ0n) is 14.8. The minimum atomic E-state index is -0.0652. The SMILES string of the molecule is CC1(C)C[C@@]1(CNC(=O)c1cccc2c1CCC2=O)c1ccccc1. The van der Waals surface area contributed by atoms with Gasteiger partial charge in [0.05, 0.1) is 0 Å². The first-order chi connectivity index (χ1) is 11.9. The molecular formula is C22H23NO2. The van der Waals surface area contributed by atoms with E-state index >= 15 is 0 Å². The van der Waals surface area contributed by atoms with Gasteiger partial charge in [-0.15, -0.1) is 0 Å². The molecule has 3 heteroatoms. The molecule has 0 aliphatic heterocycles. The molecular weight excluding hydrogens is 310 g/mol. The highest BCUT2D eigenvalue weighted by atomic mass is 16.1. The van der Waals surface area contributed by atoms with Crippen LogP contribution in [0.1, 0.15) is 58.5 Å². The number of nitrogens with one attached hydrogen (secondary N) is 1. The largest absolute Gasteiger partial charge is 0.351 e. The molecule has 0 heterocycles. The van der Waals surface area contributed by atoms with Gasteiger partial charge in [-0.2, -0.15) is 0 Å². The number of fused-ring (bicyclic) bond motifs is 1. The van der Waals surface area contributed by atoms with Crippen LogP contribution >= 0.6 is 0 Å². The van der Waals surface area contributed by atoms with E-state index < -0.39 is 0 Å². The van der Waals surface area contributed by atoms with E-state index in [-0.39, 0.29) is 22.5 Å². The number of hydrogen-bond acceptors (Lipinski definition) is 2. The molecule has 1 N–H and O–H groups in total. The molecule has 1 saturated carbocycles. The summed E-state index contributed by atoms with van der Waals surface area (Å²) in [5.74, 6) is 0.0817. The molecule has 2 aliphatic rings. The van der Waals surface area contributed by atoms with Crippen molar-refractivity contribution in [3.05, 3.63) is 70.8 Å². The predicted octanol–water partition coefficient (Wildman–Crippen LogP) is 3.91. The van der Waals surface area contributed by atoms with E-state index in [1.807, 2.05) is 24.3 Å². The number of hydrogen-bond donors (Lipinski definition) is 1. The van der Waals surface area contributed by atoms with Crippen molar-refractivity contribution in [1.82, 2.24) is 5.32 Å². The summed E-state index contributed by atoms with van der Waals surface area (Å²) in [6.07, 6.45) is 2.25. The Bertz CT molecular complexity index is 854. The Hall–Kier alpha value is -2.42. The fourth-order valence-corrected chi connectivity index (χ4v) is 4.39. The highest BCUT2D eigenvalue weighted by Gasteiger charge is 2.61. The van der Waals surface area contributed by atoms with Gasteiger partial charge in [0.1, 0.15) is 0 Å². The normalized spacial score (nSPS) is 23.2. The molecule has 128 valence electrons. The standard InChI is InChI=1S/C22H23NO2/c1-21(2)13-22(21,15-7-4-3-5-8-15)14-23-20(25)18-10-6-9-17-16(18)11-12-19(17)24/h3-10H,11-14H2,1-2H3,(H,23,25)/t22-/m1/s1. The summed E-state index contributed by atoms with van der Waals surface area (Å²) in [4.78, 5) is 24.7. The van der Waals surface area contributed by atoms with E-state index in [1.165, 1.54) is 5.56 Å². The van der Waals surface area contributed by atoms with Crippen molar-refractivity contribution >= 4 is 11.7 Å². The number of rotatable bonds is 4. The van der Waals surface area contributed by atoms with E-state index in [0.717, 1.165) is 17.5 Å². The molecule has 1 fully saturated rings. The molecule has 2 aromatic rings. The second-order valence-electron chi connectivity index (χ2n) is 7.95. The quantitative estimate of drug-likeness (QED) is 0.922. The third-order valence-electron chi connectivity index (χ3n) is 6.11. The van der Waals surface area contributed by atoms with E-state index in [2.05, 4.69) is 43.4 Å². The van der Waals surface area contributed by atoms with Gasteiger partial charge in [-0.25, -0.2) is 0 Å². The minimum absolute atomic E-state index is 0.00229. The Labute approximate surface area is 148 Å². The lowest BCUT2D eigenvalue weighted by Gasteiger charge is -2.22. The lowest BCUT2D eigenvalue weighted by atomic mass is 9.87. The Balaban J connectivity index is 1.56. The summed E-state index contributed by atoms with van der Waals surface area (Å²) in [6.45, 7) is 5.14. The number of amides is 1. The zero-order chi connectivity index (χ0) is 17.7. The second-order valence-corrected chi connectivity index (χ2v) is 7.95. The Morgan fingerprint density at radius 1 is 1.04 bits per heavy atom. The number of carbonyl (C=O) groups is 2. The summed E-state index contributed by atoms with van der Waals surface area (Å²) in [5.41, 5.74) is 3.75. The molecule has 0 spiro atoms. The van der Waals surface area contributed by atoms with Crippen LogP contribution < -0.4 is 5.32 Å². The molecule has 0 unspecified atom stereocenters. The molecule has 2 aromatic carbocycles. The fraction of sp³-hybridized carbons (Fsp3) is 0.364. The lowest BCUT2D eigenvalue weighted by Crippen LogP contribution is -2.35. The lowest BCUT2D eigenvalue weighted by molar-refractivity contribution is 0.0946. The maximum absolute atomic E-state index is 12.8. The van der Waals surface area contributed by atoms with Crippen LogP contribution in [-0.2, 0) is 11.8 Å². The van der Waals surface area contributed by atoms with Gasteiger partial charge in [0.25, 0.3) is 5.91 Å². The van der Waals surface area contributed by atoms with Crippen molar-refractivity contribution in [3.8, 4) is 0 Å². The Morgan fingerprint density at radius 2 is 1.76 bits per heavy atom. The van der Waals surface area contributed by atoms with E-state index in [0.29, 0.717) is 24.9 Å². The van der Waals surface area contributed by atoms with Crippen LogP contribution in [0.15, 0.2) is 48.5 Å². The average Bonchev–Trinajstić information content (AvgIpc) is 2.98. The van der Waals surface area contributed by atoms with Crippen molar-refractivity contribution < 1.29 is 9.59 Å². The fourth-order valence-electron chi connectivity index (χ4n) is 4.39. The van der Waals surface area contributed by atoms with Gasteiger partial charge in [0.2, 0.25) is 0 Å². The molecule has 0 bridgehead atoms. The second kappa shape index (κ2) is 5.55. The highest BCUT2D eigenvalue weighted by molar-refractivity contribution is 6.05. The number of ketones is 1. The number of carbonyl (C=O) groups excluding carboxylic acids is 2. The average molecular weight is 333 g/mol. The Kier molecular flexibility index (Phi) is 3.57. The van der Waals surface area contributed by atoms with Crippen LogP contribution in [-0.4, -0.2) is 18.2 Å². The minimum Gasteiger partial charge on any atom is -0.351 e. The summed E-state index contributed by atoms with van der Waals surface area (Å²) in [7, 11) is 0. The third kappa shape index (κ3) is 2.50. The zero-order valence-corrected chi connectivity index (χ0v) is 14.8. The van der Waals surface area contributed by atoms with Gasteiger partial charge in [0.15, 0.2) is 5.78 Å². The van der Waals surface area contributed by atoms with Crippen LogP contribution in [0.2, 0.25) is 0 Å². The number of benzene rings is 2. The first-order valence-corrected chi connectivity index (χ1v) is 8.93. The van der Waals surface area contributed by atoms with Crippen LogP contribution in [0.5, 0.6) is 0 Å². The van der Waals surface area contributed by atoms with Crippen LogP contribution in [0, 0.1) is 5.41 Å². The van der Waals surface area contributed by atoms with Gasteiger partial charge < -0.3 is 5.32 Å². The van der Waals surface area contributed by atoms with Gasteiger partial charge in [0, 0.05) is 29.5 Å². The van der Waals surface area contributed by atoms with Crippen LogP contribution in [0.3, 0.4) is 0 Å². The summed E-state index contributed by atoms with van der Waals surface area (Å²) in [5, 5.41) is 3.15. The van der Waals surface area contributed by atoms with Crippen molar-refractivity contribution in [3.63, 3.8) is 0 Å². The molecule has 1 atom stereocenters. The van der Waals surface area contributed by atoms with Crippen molar-refractivity contribution in [2.75, 3.05) is 6.54 Å². The number of Topliss-reactive ketones (excluding diaryl/α,β-unsaturated/α-hetero) is 1. The first kappa shape index (κ1) is 16.1. The monoisotopic (exact) mass is 333 g/mol. The van der Waals surface area contributed by atoms with E-state index in [4.69, 9.17) is 0 Å². The smallest absolute Gasteiger partial charge is 0.251 e. The maximum atomic E-state index is 12.8. The molecule has 0 saturated heterocycles. The topological polar surface area (TPSA) is 46.2 Å². The maximum Gasteiger partial charge on any atom is 0.251 e. The molecule has 0 aromatic heterocycles. The summed E-state index contributed by atoms with van der Waals surface area (Å²) >= 11 is 0. The molecule has 1 amide bonds. The summed E-state index contributed by atoms with van der Waals surface area (Å²) < 4.78 is 0. The summed E-state index contributed by atoms with van der Waals surface area (Å²) in [6, 6.07) is 15.9. The van der Waals surface area contributed by atoms with Crippen LogP contribution in [0.4, 0.5) is 0 Å². The first-order valence-electron chi connectivity index (χ1n) is 8.93. The van der Waals surface area contributed by atoms with Crippen molar-refractivity contribution in [2.45, 2.75) is 38.5 Å². The Morgan fingerprint density at radius 3 is 2.44 bits per heavy atom. The van der Waals surface area contributed by atoms with Gasteiger partial charge >= 0.3 is 0 Å². The highest BCUT2D eigenvalue weighted by Crippen LogP contribution is 2.63. The van der Waals surface area contributed by atoms with Crippen molar-refractivity contribution in [1.29, 1.82) is 0 Å². The molecule has 3 nitrogen and oxygen atoms in total. The van der Waals surface area contributed by atoms with E-state index in [1.54, 1.807) is 0 Å². The van der Waals surface area contributed by atoms with Gasteiger partial charge in [-0.3, -0.25) is 9.59 Å².